The predicted molar refractivity (Wildman–Crippen MR) is 126 cm³/mol. The largest absolute Gasteiger partial charge is 0.505 e. The Morgan fingerprint density at radius 3 is 2.66 bits per heavy atom. The van der Waals surface area contributed by atoms with Gasteiger partial charge in [-0.15, -0.1) is 0 Å². The lowest BCUT2D eigenvalue weighted by molar-refractivity contribution is 0.101. The standard InChI is InChI=1S/C22H23ClN6O2S/c1-22(24)7-10-29(11-8-22)17-12-27-18(13-26-17)32-16-6-2-4-14(19(16)23)28-21(31)20-15(30)5-3-9-25-20/h2-6,9,12-13,30H,7-8,10-11,24H2,1H3,(H,28,31). The van der Waals surface area contributed by atoms with Crippen LogP contribution in [0.5, 0.6) is 5.75 Å². The van der Waals surface area contributed by atoms with E-state index >= 15 is 0 Å². The van der Waals surface area contributed by atoms with E-state index in [1.807, 2.05) is 6.07 Å². The number of nitrogens with one attached hydrogen (secondary N) is 1. The molecular weight excluding hydrogens is 448 g/mol. The smallest absolute Gasteiger partial charge is 0.278 e. The number of nitrogens with two attached hydrogens (primary N) is 1. The number of rotatable bonds is 5. The minimum Gasteiger partial charge on any atom is -0.505 e. The topological polar surface area (TPSA) is 117 Å². The molecule has 166 valence electrons. The summed E-state index contributed by atoms with van der Waals surface area (Å²) in [6.07, 6.45) is 6.73. The summed E-state index contributed by atoms with van der Waals surface area (Å²) in [5.74, 6) is 0.0744. The van der Waals surface area contributed by atoms with Gasteiger partial charge >= 0.3 is 0 Å². The molecule has 4 N–H and O–H groups in total. The van der Waals surface area contributed by atoms with Crippen LogP contribution in [0.15, 0.2) is 58.8 Å². The Bertz CT molecular complexity index is 1120. The number of pyridine rings is 1. The predicted octanol–water partition coefficient (Wildman–Crippen LogP) is 3.95. The van der Waals surface area contributed by atoms with Crippen LogP contribution < -0.4 is 16.0 Å². The number of carbonyl (C=O) groups excluding carboxylic acids is 1. The monoisotopic (exact) mass is 470 g/mol. The molecule has 0 bridgehead atoms. The molecule has 1 aliphatic rings. The molecule has 32 heavy (non-hydrogen) atoms. The number of halogens is 1. The van der Waals surface area contributed by atoms with Gasteiger partial charge in [0.05, 0.1) is 23.1 Å². The Kier molecular flexibility index (Phi) is 6.50. The molecule has 4 rings (SSSR count). The van der Waals surface area contributed by atoms with Crippen molar-refractivity contribution in [2.45, 2.75) is 35.2 Å². The molecule has 0 radical (unpaired) electrons. The number of benzene rings is 1. The van der Waals surface area contributed by atoms with Gasteiger partial charge in [0.15, 0.2) is 5.69 Å². The second-order valence-electron chi connectivity index (χ2n) is 7.90. The number of hydrogen-bond donors (Lipinski definition) is 3. The quantitative estimate of drug-likeness (QED) is 0.513. The molecule has 1 saturated heterocycles. The number of aromatic nitrogens is 3. The number of aromatic hydroxyl groups is 1. The van der Waals surface area contributed by atoms with Crippen LogP contribution in [0, 0.1) is 0 Å². The molecule has 0 unspecified atom stereocenters. The Morgan fingerprint density at radius 2 is 1.97 bits per heavy atom. The molecule has 0 atom stereocenters. The van der Waals surface area contributed by atoms with Crippen LogP contribution in [0.2, 0.25) is 5.02 Å². The summed E-state index contributed by atoms with van der Waals surface area (Å²) in [6.45, 7) is 3.79. The van der Waals surface area contributed by atoms with Crippen LogP contribution in [0.1, 0.15) is 30.3 Å². The van der Waals surface area contributed by atoms with Crippen molar-refractivity contribution in [1.82, 2.24) is 15.0 Å². The highest BCUT2D eigenvalue weighted by Gasteiger charge is 2.26. The zero-order chi connectivity index (χ0) is 22.7. The average Bonchev–Trinajstić information content (AvgIpc) is 2.77. The van der Waals surface area contributed by atoms with E-state index in [9.17, 15) is 9.90 Å². The van der Waals surface area contributed by atoms with Crippen molar-refractivity contribution in [3.05, 3.63) is 59.6 Å². The molecule has 0 saturated carbocycles. The van der Waals surface area contributed by atoms with E-state index in [2.05, 4.69) is 32.1 Å². The zero-order valence-electron chi connectivity index (χ0n) is 17.5. The van der Waals surface area contributed by atoms with Crippen molar-refractivity contribution >= 4 is 40.8 Å². The normalized spacial score (nSPS) is 15.4. The minimum atomic E-state index is -0.550. The number of hydrogen-bond acceptors (Lipinski definition) is 8. The van der Waals surface area contributed by atoms with Gasteiger partial charge in [-0.25, -0.2) is 15.0 Å². The molecule has 1 fully saturated rings. The summed E-state index contributed by atoms with van der Waals surface area (Å²) < 4.78 is 0. The van der Waals surface area contributed by atoms with Gasteiger partial charge in [0.25, 0.3) is 5.91 Å². The molecule has 0 spiro atoms. The van der Waals surface area contributed by atoms with Crippen LogP contribution in [0.3, 0.4) is 0 Å². The van der Waals surface area contributed by atoms with Gasteiger partial charge in [0.1, 0.15) is 16.6 Å². The molecule has 10 heteroatoms. The first-order valence-corrected chi connectivity index (χ1v) is 11.3. The van der Waals surface area contributed by atoms with Crippen LogP contribution in [-0.2, 0) is 0 Å². The molecule has 1 aliphatic heterocycles. The number of anilines is 2. The van der Waals surface area contributed by atoms with E-state index in [4.69, 9.17) is 17.3 Å². The van der Waals surface area contributed by atoms with Crippen LogP contribution in [0.25, 0.3) is 0 Å². The third-order valence-electron chi connectivity index (χ3n) is 5.27. The maximum absolute atomic E-state index is 12.5. The van der Waals surface area contributed by atoms with E-state index in [-0.39, 0.29) is 17.0 Å². The molecule has 2 aromatic heterocycles. The Labute approximate surface area is 195 Å². The fourth-order valence-electron chi connectivity index (χ4n) is 3.32. The molecule has 8 nitrogen and oxygen atoms in total. The fourth-order valence-corrected chi connectivity index (χ4v) is 4.40. The van der Waals surface area contributed by atoms with Crippen LogP contribution in [0.4, 0.5) is 11.5 Å². The Morgan fingerprint density at radius 1 is 1.19 bits per heavy atom. The number of carbonyl (C=O) groups is 1. The summed E-state index contributed by atoms with van der Waals surface area (Å²) in [6, 6.07) is 8.24. The number of amides is 1. The SMILES string of the molecule is CC1(N)CCN(c2cnc(Sc3cccc(NC(=O)c4ncccc4O)c3Cl)cn2)CC1. The van der Waals surface area contributed by atoms with E-state index in [1.54, 1.807) is 30.6 Å². The summed E-state index contributed by atoms with van der Waals surface area (Å²) in [4.78, 5) is 28.3. The lowest BCUT2D eigenvalue weighted by Crippen LogP contribution is -2.48. The highest BCUT2D eigenvalue weighted by Crippen LogP contribution is 2.37. The number of piperidine rings is 1. The van der Waals surface area contributed by atoms with Crippen molar-refractivity contribution in [2.24, 2.45) is 5.73 Å². The molecule has 1 aromatic carbocycles. The van der Waals surface area contributed by atoms with E-state index in [1.165, 1.54) is 24.0 Å². The van der Waals surface area contributed by atoms with Crippen LogP contribution in [-0.4, -0.2) is 44.6 Å². The van der Waals surface area contributed by atoms with Gasteiger partial charge in [0, 0.05) is 29.7 Å². The second kappa shape index (κ2) is 9.32. The van der Waals surface area contributed by atoms with Gasteiger partial charge in [0.2, 0.25) is 0 Å². The van der Waals surface area contributed by atoms with Gasteiger partial charge in [-0.1, -0.05) is 29.4 Å². The maximum atomic E-state index is 12.5. The van der Waals surface area contributed by atoms with Gasteiger partial charge in [-0.05, 0) is 44.0 Å². The van der Waals surface area contributed by atoms with Crippen molar-refractivity contribution in [2.75, 3.05) is 23.3 Å². The second-order valence-corrected chi connectivity index (χ2v) is 9.34. The lowest BCUT2D eigenvalue weighted by Gasteiger charge is -2.37. The summed E-state index contributed by atoms with van der Waals surface area (Å²) in [5, 5.41) is 13.6. The molecule has 3 aromatic rings. The van der Waals surface area contributed by atoms with E-state index in [0.717, 1.165) is 31.7 Å². The Balaban J connectivity index is 1.45. The molecule has 0 aliphatic carbocycles. The highest BCUT2D eigenvalue weighted by molar-refractivity contribution is 7.99. The average molecular weight is 471 g/mol. The number of nitrogens with zero attached hydrogens (tertiary/aromatic N) is 4. The van der Waals surface area contributed by atoms with Crippen molar-refractivity contribution in [1.29, 1.82) is 0 Å². The summed E-state index contributed by atoms with van der Waals surface area (Å²) in [5.41, 5.74) is 6.42. The maximum Gasteiger partial charge on any atom is 0.278 e. The van der Waals surface area contributed by atoms with Crippen LogP contribution >= 0.6 is 23.4 Å². The van der Waals surface area contributed by atoms with Crippen molar-refractivity contribution in [3.8, 4) is 5.75 Å². The first-order chi connectivity index (χ1) is 15.3. The molecular formula is C22H23ClN6O2S. The minimum absolute atomic E-state index is 0.0734. The molecule has 3 heterocycles. The third-order valence-corrected chi connectivity index (χ3v) is 6.77. The summed E-state index contributed by atoms with van der Waals surface area (Å²) >= 11 is 7.87. The highest BCUT2D eigenvalue weighted by atomic mass is 35.5. The van der Waals surface area contributed by atoms with Gasteiger partial charge < -0.3 is 21.1 Å². The van der Waals surface area contributed by atoms with E-state index < -0.39 is 5.91 Å². The third kappa shape index (κ3) is 5.12. The lowest BCUT2D eigenvalue weighted by atomic mass is 9.91. The summed E-state index contributed by atoms with van der Waals surface area (Å²) in [7, 11) is 0. The van der Waals surface area contributed by atoms with Gasteiger partial charge in [-0.2, -0.15) is 0 Å². The zero-order valence-corrected chi connectivity index (χ0v) is 19.0. The molecule has 1 amide bonds. The van der Waals surface area contributed by atoms with Crippen molar-refractivity contribution < 1.29 is 9.90 Å². The first-order valence-electron chi connectivity index (χ1n) is 10.1. The fraction of sp³-hybridized carbons (Fsp3) is 0.273. The van der Waals surface area contributed by atoms with Crippen molar-refractivity contribution in [3.63, 3.8) is 0 Å². The van der Waals surface area contributed by atoms with Gasteiger partial charge in [-0.3, -0.25) is 4.79 Å². The van der Waals surface area contributed by atoms with E-state index in [0.29, 0.717) is 20.6 Å². The Hall–Kier alpha value is -2.88. The first kappa shape index (κ1) is 22.3.